The molecule has 0 saturated carbocycles. The maximum atomic E-state index is 15.1. The Kier molecular flexibility index (Phi) is 20.7. The van der Waals surface area contributed by atoms with Crippen molar-refractivity contribution in [2.75, 3.05) is 28.3 Å². The Bertz CT molecular complexity index is 2270. The number of benzene rings is 3. The lowest BCUT2D eigenvalue weighted by Crippen LogP contribution is -2.60. The minimum atomic E-state index is -1.01. The van der Waals surface area contributed by atoms with Crippen LogP contribution in [0.3, 0.4) is 0 Å². The van der Waals surface area contributed by atoms with Gasteiger partial charge in [-0.3, -0.25) is 24.2 Å². The molecule has 14 heteroatoms. The first-order chi connectivity index (χ1) is 34.5. The number of methoxy groups -OCH3 is 2. The molecule has 1 heterocycles. The fourth-order valence-electron chi connectivity index (χ4n) is 11.3. The first-order valence-electron chi connectivity index (χ1n) is 26.6. The van der Waals surface area contributed by atoms with Crippen molar-refractivity contribution in [3.05, 3.63) is 95.6 Å². The van der Waals surface area contributed by atoms with E-state index in [4.69, 9.17) is 18.9 Å². The minimum absolute atomic E-state index is 0.136. The molecule has 1 fully saturated rings. The molecule has 5 rings (SSSR count). The Morgan fingerprint density at radius 3 is 1.81 bits per heavy atom. The highest BCUT2D eigenvalue weighted by Gasteiger charge is 2.50. The molecule has 402 valence electrons. The van der Waals surface area contributed by atoms with Crippen molar-refractivity contribution >= 4 is 29.8 Å². The van der Waals surface area contributed by atoms with Crippen molar-refractivity contribution in [2.24, 2.45) is 23.7 Å². The third-order valence-corrected chi connectivity index (χ3v) is 15.2. The van der Waals surface area contributed by atoms with E-state index in [1.165, 1.54) is 4.90 Å². The molecular formula is C59H87N5O9. The maximum Gasteiger partial charge on any atom is 0.411 e. The smallest absolute Gasteiger partial charge is 0.411 e. The summed E-state index contributed by atoms with van der Waals surface area (Å²) in [6, 6.07) is 22.1. The van der Waals surface area contributed by atoms with Gasteiger partial charge in [0.05, 0.1) is 30.1 Å². The van der Waals surface area contributed by atoms with E-state index in [0.717, 1.165) is 34.2 Å². The zero-order valence-electron chi connectivity index (χ0n) is 46.6. The number of carbonyl (C=O) groups excluding carboxylic acids is 5. The molecule has 73 heavy (non-hydrogen) atoms. The van der Waals surface area contributed by atoms with Gasteiger partial charge in [-0.25, -0.2) is 9.59 Å². The molecule has 2 aliphatic rings. The number of nitrogens with one attached hydrogen (secondary N) is 2. The van der Waals surface area contributed by atoms with E-state index in [-0.39, 0.29) is 54.2 Å². The number of rotatable bonds is 23. The Hall–Kier alpha value is -5.31. The number of likely N-dealkylation sites (N-methyl/N-ethyl adjacent to an activating group) is 2. The van der Waals surface area contributed by atoms with Crippen LogP contribution >= 0.6 is 0 Å². The zero-order valence-corrected chi connectivity index (χ0v) is 46.6. The van der Waals surface area contributed by atoms with Crippen molar-refractivity contribution in [2.45, 2.75) is 181 Å². The number of carbonyl (C=O) groups is 5. The first kappa shape index (κ1) is 58.6. The van der Waals surface area contributed by atoms with E-state index in [9.17, 15) is 19.2 Å². The van der Waals surface area contributed by atoms with Crippen LogP contribution in [0.2, 0.25) is 0 Å². The van der Waals surface area contributed by atoms with Gasteiger partial charge in [0.25, 0.3) is 0 Å². The molecule has 0 unspecified atom stereocenters. The van der Waals surface area contributed by atoms with Gasteiger partial charge in [-0.05, 0) is 92.5 Å². The summed E-state index contributed by atoms with van der Waals surface area (Å²) in [4.78, 5) is 77.9. The molecule has 14 nitrogen and oxygen atoms in total. The van der Waals surface area contributed by atoms with Crippen LogP contribution in [0.4, 0.5) is 4.79 Å². The molecule has 2 N–H and O–H groups in total. The van der Waals surface area contributed by atoms with Gasteiger partial charge in [0, 0.05) is 46.8 Å². The Labute approximate surface area is 436 Å². The van der Waals surface area contributed by atoms with Gasteiger partial charge in [-0.2, -0.15) is 0 Å². The standard InChI is InChI=1S/C59H87N5O9/c1-17-37(7)51(47(18-2)70-15)62(13)55(67)49(35(3)4)61-54(66)50(36(5)6)63(14)58(69)72-56(48-43-30-24-22-28-41(43)42-29-23-25-31-44(42)48)64-38(8)32-33-46(64)52(71-16)39(9)53(65)60-45(57(68)73-59(10,11)12)34-40-26-20-19-21-27-40/h19-31,35-39,45-52,56H,17-18,32-34H2,1-16H3,(H,60,65)(H,61,66)/t37-,38-,39+,45-,46-,47+,49-,50-,51-,52+,56-/m0/s1. The molecule has 4 amide bonds. The fourth-order valence-corrected chi connectivity index (χ4v) is 11.3. The van der Waals surface area contributed by atoms with Crippen molar-refractivity contribution in [1.82, 2.24) is 25.3 Å². The molecule has 3 aromatic carbocycles. The molecule has 3 aromatic rings. The molecular weight excluding hydrogens is 923 g/mol. The third kappa shape index (κ3) is 13.7. The summed E-state index contributed by atoms with van der Waals surface area (Å²) < 4.78 is 24.9. The number of ether oxygens (including phenoxy) is 4. The lowest BCUT2D eigenvalue weighted by atomic mass is 9.90. The summed E-state index contributed by atoms with van der Waals surface area (Å²) in [6.45, 7) is 23.1. The summed E-state index contributed by atoms with van der Waals surface area (Å²) in [5, 5.41) is 6.11. The highest BCUT2D eigenvalue weighted by molar-refractivity contribution is 5.92. The summed E-state index contributed by atoms with van der Waals surface area (Å²) >= 11 is 0. The van der Waals surface area contributed by atoms with Gasteiger partial charge in [-0.15, -0.1) is 0 Å². The molecule has 11 atom stereocenters. The summed E-state index contributed by atoms with van der Waals surface area (Å²) in [7, 11) is 6.61. The van der Waals surface area contributed by atoms with Gasteiger partial charge < -0.3 is 34.5 Å². The lowest BCUT2D eigenvalue weighted by molar-refractivity contribution is -0.159. The van der Waals surface area contributed by atoms with Gasteiger partial charge in [0.2, 0.25) is 17.7 Å². The van der Waals surface area contributed by atoms with Crippen LogP contribution in [0.25, 0.3) is 11.1 Å². The van der Waals surface area contributed by atoms with E-state index < -0.39 is 71.9 Å². The number of nitrogens with zero attached hydrogens (tertiary/aromatic N) is 3. The van der Waals surface area contributed by atoms with Crippen LogP contribution in [0.1, 0.15) is 131 Å². The second-order valence-electron chi connectivity index (χ2n) is 22.2. The highest BCUT2D eigenvalue weighted by Crippen LogP contribution is 2.50. The quantitative estimate of drug-likeness (QED) is 0.0879. The van der Waals surface area contributed by atoms with Crippen LogP contribution in [-0.4, -0.2) is 133 Å². The number of hydrogen-bond acceptors (Lipinski definition) is 10. The average molecular weight is 1010 g/mol. The number of likely N-dealkylation sites (tertiary alicyclic amines) is 1. The number of amides is 4. The van der Waals surface area contributed by atoms with E-state index in [0.29, 0.717) is 19.3 Å². The van der Waals surface area contributed by atoms with Gasteiger partial charge >= 0.3 is 12.1 Å². The minimum Gasteiger partial charge on any atom is -0.458 e. The second kappa shape index (κ2) is 25.8. The van der Waals surface area contributed by atoms with Crippen molar-refractivity contribution in [3.63, 3.8) is 0 Å². The van der Waals surface area contributed by atoms with Gasteiger partial charge in [0.1, 0.15) is 23.7 Å². The van der Waals surface area contributed by atoms with Crippen molar-refractivity contribution < 1.29 is 42.9 Å². The fraction of sp³-hybridized carbons (Fsp3) is 0.610. The van der Waals surface area contributed by atoms with Gasteiger partial charge in [0.15, 0.2) is 6.23 Å². The number of esters is 1. The highest BCUT2D eigenvalue weighted by atomic mass is 16.6. The van der Waals surface area contributed by atoms with Crippen LogP contribution in [0.15, 0.2) is 78.9 Å². The van der Waals surface area contributed by atoms with Crippen LogP contribution < -0.4 is 10.6 Å². The second-order valence-corrected chi connectivity index (χ2v) is 22.2. The Balaban J connectivity index is 1.50. The molecule has 1 saturated heterocycles. The lowest BCUT2D eigenvalue weighted by Gasteiger charge is -2.43. The number of hydrogen-bond donors (Lipinski definition) is 2. The van der Waals surface area contributed by atoms with Crippen LogP contribution in [-0.2, 0) is 44.5 Å². The monoisotopic (exact) mass is 1010 g/mol. The molecule has 0 bridgehead atoms. The first-order valence-corrected chi connectivity index (χ1v) is 26.6. The molecule has 0 radical (unpaired) electrons. The van der Waals surface area contributed by atoms with Crippen LogP contribution in [0, 0.1) is 23.7 Å². The normalized spacial score (nSPS) is 19.6. The predicted molar refractivity (Wildman–Crippen MR) is 286 cm³/mol. The van der Waals surface area contributed by atoms with Crippen molar-refractivity contribution in [1.29, 1.82) is 0 Å². The third-order valence-electron chi connectivity index (χ3n) is 15.2. The average Bonchev–Trinajstić information content (AvgIpc) is 3.90. The predicted octanol–water partition coefficient (Wildman–Crippen LogP) is 9.23. The Morgan fingerprint density at radius 1 is 0.726 bits per heavy atom. The summed E-state index contributed by atoms with van der Waals surface area (Å²) in [5.74, 6) is -3.34. The van der Waals surface area contributed by atoms with E-state index in [2.05, 4.69) is 60.6 Å². The molecule has 1 aliphatic carbocycles. The van der Waals surface area contributed by atoms with E-state index in [1.807, 2.05) is 89.2 Å². The SMILES string of the molecule is CC[C@H](C)[C@@H]([C@@H](CC)OC)N(C)C(=O)[C@@H](NC(=O)[C@H](C(C)C)N(C)C(=O)O[C@@H](C1c2ccccc2-c2ccccc21)N1[C@@H](C)CC[C@H]1[C@H](OC)[C@@H](C)C(=O)N[C@@H](Cc1ccccc1)C(=O)OC(C)(C)C)C(C)C. The zero-order chi connectivity index (χ0) is 54.1. The largest absolute Gasteiger partial charge is 0.458 e. The molecule has 0 aromatic heterocycles. The topological polar surface area (TPSA) is 156 Å². The summed E-state index contributed by atoms with van der Waals surface area (Å²) in [6.07, 6.45) is 0.574. The van der Waals surface area contributed by atoms with Crippen molar-refractivity contribution in [3.8, 4) is 11.1 Å². The Morgan fingerprint density at radius 2 is 1.30 bits per heavy atom. The molecule has 1 aliphatic heterocycles. The van der Waals surface area contributed by atoms with E-state index in [1.54, 1.807) is 60.9 Å². The van der Waals surface area contributed by atoms with Crippen LogP contribution in [0.5, 0.6) is 0 Å². The summed E-state index contributed by atoms with van der Waals surface area (Å²) in [5.41, 5.74) is 4.12. The molecule has 0 spiro atoms. The van der Waals surface area contributed by atoms with E-state index >= 15 is 4.79 Å². The number of fused-ring (bicyclic) bond motifs is 3. The maximum absolute atomic E-state index is 15.1. The van der Waals surface area contributed by atoms with Gasteiger partial charge in [-0.1, -0.05) is 141 Å².